The molecule has 0 saturated heterocycles. The first-order valence-corrected chi connectivity index (χ1v) is 6.38. The van der Waals surface area contributed by atoms with E-state index in [1.54, 1.807) is 11.0 Å². The topological polar surface area (TPSA) is 49.4 Å². The summed E-state index contributed by atoms with van der Waals surface area (Å²) in [6.07, 6.45) is 1.32. The third kappa shape index (κ3) is 2.23. The van der Waals surface area contributed by atoms with E-state index in [0.29, 0.717) is 25.1 Å². The van der Waals surface area contributed by atoms with Crippen LogP contribution in [-0.4, -0.2) is 24.9 Å². The fraction of sp³-hybridized carbons (Fsp3) is 0.429. The lowest BCUT2D eigenvalue weighted by Crippen LogP contribution is -2.26. The number of hydrogen-bond donors (Lipinski definition) is 1. The molecule has 1 aromatic rings. The molecule has 4 heteroatoms. The summed E-state index contributed by atoms with van der Waals surface area (Å²) in [7, 11) is 0. The van der Waals surface area contributed by atoms with Crippen LogP contribution >= 0.6 is 0 Å². The Bertz CT molecular complexity index is 483. The third-order valence-electron chi connectivity index (χ3n) is 3.13. The molecule has 96 valence electrons. The van der Waals surface area contributed by atoms with Gasteiger partial charge in [-0.05, 0) is 37.1 Å². The highest BCUT2D eigenvalue weighted by molar-refractivity contribution is 6.03. The minimum atomic E-state index is -0.0675. The van der Waals surface area contributed by atoms with Gasteiger partial charge in [-0.25, -0.2) is 0 Å². The molecular formula is C14H18N2O2. The van der Waals surface area contributed by atoms with Gasteiger partial charge < -0.3 is 10.2 Å². The van der Waals surface area contributed by atoms with Crippen molar-refractivity contribution in [2.45, 2.75) is 26.7 Å². The smallest absolute Gasteiger partial charge is 0.251 e. The van der Waals surface area contributed by atoms with Crippen LogP contribution < -0.4 is 10.2 Å². The summed E-state index contributed by atoms with van der Waals surface area (Å²) in [5, 5.41) is 2.84. The van der Waals surface area contributed by atoms with Crippen molar-refractivity contribution in [1.82, 2.24) is 5.32 Å². The van der Waals surface area contributed by atoms with Crippen LogP contribution in [0.5, 0.6) is 0 Å². The van der Waals surface area contributed by atoms with E-state index in [2.05, 4.69) is 5.32 Å². The summed E-state index contributed by atoms with van der Waals surface area (Å²) >= 11 is 0. The summed E-state index contributed by atoms with van der Waals surface area (Å²) < 4.78 is 0. The molecule has 0 spiro atoms. The number of nitrogens with one attached hydrogen (secondary N) is 1. The number of anilines is 1. The second kappa shape index (κ2) is 5.21. The van der Waals surface area contributed by atoms with Gasteiger partial charge in [0.25, 0.3) is 5.91 Å². The van der Waals surface area contributed by atoms with Crippen LogP contribution in [-0.2, 0) is 11.2 Å². The molecule has 0 bridgehead atoms. The highest BCUT2D eigenvalue weighted by Gasteiger charge is 2.26. The summed E-state index contributed by atoms with van der Waals surface area (Å²) in [5.41, 5.74) is 2.52. The van der Waals surface area contributed by atoms with Gasteiger partial charge in [-0.1, -0.05) is 6.92 Å². The molecule has 0 unspecified atom stereocenters. The Morgan fingerprint density at radius 1 is 1.39 bits per heavy atom. The van der Waals surface area contributed by atoms with Crippen molar-refractivity contribution in [1.29, 1.82) is 0 Å². The molecule has 4 nitrogen and oxygen atoms in total. The standard InChI is InChI=1S/C14H18N2O2/c1-3-7-15-14(18)10-5-6-12-11(8-10)9-13(17)16(12)4-2/h5-6,8H,3-4,7,9H2,1-2H3,(H,15,18). The zero-order valence-electron chi connectivity index (χ0n) is 10.8. The molecule has 1 aromatic carbocycles. The van der Waals surface area contributed by atoms with E-state index in [9.17, 15) is 9.59 Å². The fourth-order valence-electron chi connectivity index (χ4n) is 2.21. The maximum absolute atomic E-state index is 11.8. The average Bonchev–Trinajstić information content (AvgIpc) is 2.69. The molecule has 1 aliphatic heterocycles. The Balaban J connectivity index is 2.22. The normalized spacial score (nSPS) is 13.7. The summed E-state index contributed by atoms with van der Waals surface area (Å²) in [6.45, 7) is 5.32. The van der Waals surface area contributed by atoms with Gasteiger partial charge in [0.05, 0.1) is 6.42 Å². The predicted octanol–water partition coefficient (Wildman–Crippen LogP) is 1.74. The molecule has 1 heterocycles. The van der Waals surface area contributed by atoms with Crippen molar-refractivity contribution >= 4 is 17.5 Å². The molecule has 0 saturated carbocycles. The summed E-state index contributed by atoms with van der Waals surface area (Å²) in [6, 6.07) is 5.48. The number of carbonyl (C=O) groups excluding carboxylic acids is 2. The molecule has 0 fully saturated rings. The lowest BCUT2D eigenvalue weighted by molar-refractivity contribution is -0.117. The van der Waals surface area contributed by atoms with Crippen LogP contribution in [0.15, 0.2) is 18.2 Å². The first-order chi connectivity index (χ1) is 8.67. The molecule has 0 atom stereocenters. The predicted molar refractivity (Wildman–Crippen MR) is 70.8 cm³/mol. The van der Waals surface area contributed by atoms with Gasteiger partial charge in [-0.2, -0.15) is 0 Å². The zero-order valence-corrected chi connectivity index (χ0v) is 10.8. The van der Waals surface area contributed by atoms with Crippen molar-refractivity contribution in [2.24, 2.45) is 0 Å². The number of rotatable bonds is 4. The monoisotopic (exact) mass is 246 g/mol. The number of likely N-dealkylation sites (N-methyl/N-ethyl adjacent to an activating group) is 1. The second-order valence-corrected chi connectivity index (χ2v) is 4.41. The lowest BCUT2D eigenvalue weighted by atomic mass is 10.1. The molecule has 0 aliphatic carbocycles. The van der Waals surface area contributed by atoms with Gasteiger partial charge in [0.1, 0.15) is 0 Å². The maximum Gasteiger partial charge on any atom is 0.251 e. The van der Waals surface area contributed by atoms with Crippen LogP contribution in [0.2, 0.25) is 0 Å². The van der Waals surface area contributed by atoms with Crippen molar-refractivity contribution in [3.8, 4) is 0 Å². The van der Waals surface area contributed by atoms with Crippen LogP contribution in [0, 0.1) is 0 Å². The van der Waals surface area contributed by atoms with Crippen LogP contribution in [0.1, 0.15) is 36.2 Å². The van der Waals surface area contributed by atoms with E-state index in [-0.39, 0.29) is 11.8 Å². The Morgan fingerprint density at radius 2 is 2.17 bits per heavy atom. The minimum Gasteiger partial charge on any atom is -0.352 e. The lowest BCUT2D eigenvalue weighted by Gasteiger charge is -2.14. The van der Waals surface area contributed by atoms with Crippen LogP contribution in [0.3, 0.4) is 0 Å². The first kappa shape index (κ1) is 12.6. The molecule has 2 rings (SSSR count). The van der Waals surface area contributed by atoms with Gasteiger partial charge in [0.2, 0.25) is 5.91 Å². The van der Waals surface area contributed by atoms with Gasteiger partial charge >= 0.3 is 0 Å². The zero-order chi connectivity index (χ0) is 13.1. The molecule has 1 N–H and O–H groups in total. The minimum absolute atomic E-state index is 0.0675. The van der Waals surface area contributed by atoms with E-state index in [1.165, 1.54) is 0 Å². The molecule has 18 heavy (non-hydrogen) atoms. The van der Waals surface area contributed by atoms with Crippen LogP contribution in [0.4, 0.5) is 5.69 Å². The van der Waals surface area contributed by atoms with E-state index in [4.69, 9.17) is 0 Å². The number of hydrogen-bond acceptors (Lipinski definition) is 2. The van der Waals surface area contributed by atoms with Gasteiger partial charge in [0.15, 0.2) is 0 Å². The van der Waals surface area contributed by atoms with Gasteiger partial charge in [-0.15, -0.1) is 0 Å². The van der Waals surface area contributed by atoms with Crippen molar-refractivity contribution in [3.63, 3.8) is 0 Å². The Hall–Kier alpha value is -1.84. The van der Waals surface area contributed by atoms with Crippen molar-refractivity contribution in [3.05, 3.63) is 29.3 Å². The molecule has 0 aromatic heterocycles. The van der Waals surface area contributed by atoms with E-state index < -0.39 is 0 Å². The highest BCUT2D eigenvalue weighted by Crippen LogP contribution is 2.29. The summed E-state index contributed by atoms with van der Waals surface area (Å²) in [5.74, 6) is 0.0423. The Labute approximate surface area is 107 Å². The fourth-order valence-corrected chi connectivity index (χ4v) is 2.21. The SMILES string of the molecule is CCCNC(=O)c1ccc2c(c1)CC(=O)N2CC. The highest BCUT2D eigenvalue weighted by atomic mass is 16.2. The quantitative estimate of drug-likeness (QED) is 0.879. The van der Waals surface area contributed by atoms with Crippen molar-refractivity contribution in [2.75, 3.05) is 18.0 Å². The number of carbonyl (C=O) groups is 2. The van der Waals surface area contributed by atoms with E-state index in [0.717, 1.165) is 17.7 Å². The maximum atomic E-state index is 11.8. The number of nitrogens with zero attached hydrogens (tertiary/aromatic N) is 1. The summed E-state index contributed by atoms with van der Waals surface area (Å²) in [4.78, 5) is 25.3. The van der Waals surface area contributed by atoms with E-state index in [1.807, 2.05) is 26.0 Å². The van der Waals surface area contributed by atoms with Crippen LogP contribution in [0.25, 0.3) is 0 Å². The van der Waals surface area contributed by atoms with Crippen molar-refractivity contribution < 1.29 is 9.59 Å². The number of benzene rings is 1. The van der Waals surface area contributed by atoms with E-state index >= 15 is 0 Å². The Kier molecular flexibility index (Phi) is 3.65. The number of amides is 2. The van der Waals surface area contributed by atoms with Gasteiger partial charge in [0, 0.05) is 24.3 Å². The second-order valence-electron chi connectivity index (χ2n) is 4.41. The molecular weight excluding hydrogens is 228 g/mol. The Morgan fingerprint density at radius 3 is 2.83 bits per heavy atom. The largest absolute Gasteiger partial charge is 0.352 e. The number of fused-ring (bicyclic) bond motifs is 1. The first-order valence-electron chi connectivity index (χ1n) is 6.38. The molecule has 1 aliphatic rings. The molecule has 2 amide bonds. The van der Waals surface area contributed by atoms with Gasteiger partial charge in [-0.3, -0.25) is 9.59 Å². The average molecular weight is 246 g/mol. The molecule has 0 radical (unpaired) electrons. The third-order valence-corrected chi connectivity index (χ3v) is 3.13.